The van der Waals surface area contributed by atoms with Crippen molar-refractivity contribution in [3.63, 3.8) is 0 Å². The third-order valence-corrected chi connectivity index (χ3v) is 7.64. The summed E-state index contributed by atoms with van der Waals surface area (Å²) < 4.78 is 30.6. The van der Waals surface area contributed by atoms with E-state index in [2.05, 4.69) is 15.5 Å². The van der Waals surface area contributed by atoms with Gasteiger partial charge in [-0.1, -0.05) is 47.2 Å². The highest BCUT2D eigenvalue weighted by Gasteiger charge is 2.19. The van der Waals surface area contributed by atoms with Crippen LogP contribution in [-0.2, 0) is 14.9 Å². The van der Waals surface area contributed by atoms with Crippen LogP contribution in [0.25, 0.3) is 16.0 Å². The third kappa shape index (κ3) is 5.49. The molecule has 0 spiro atoms. The Morgan fingerprint density at radius 1 is 1.09 bits per heavy atom. The summed E-state index contributed by atoms with van der Waals surface area (Å²) in [5, 5.41) is 23.2. The van der Waals surface area contributed by atoms with Gasteiger partial charge in [-0.25, -0.2) is 0 Å². The highest BCUT2D eigenvalue weighted by atomic mass is 35.5. The van der Waals surface area contributed by atoms with Gasteiger partial charge in [-0.2, -0.15) is 13.7 Å². The number of nitrogens with one attached hydrogen (secondary N) is 1. The van der Waals surface area contributed by atoms with Gasteiger partial charge < -0.3 is 4.18 Å². The Balaban J connectivity index is 1.56. The molecule has 8 nitrogen and oxygen atoms in total. The van der Waals surface area contributed by atoms with Crippen molar-refractivity contribution in [1.82, 2.24) is 10.2 Å². The molecular weight excluding hydrogens is 516 g/mol. The molecule has 0 bridgehead atoms. The number of nitriles is 1. The zero-order chi connectivity index (χ0) is 24.1. The van der Waals surface area contributed by atoms with E-state index < -0.39 is 16.0 Å². The van der Waals surface area contributed by atoms with Gasteiger partial charge in [0.15, 0.2) is 5.01 Å². The van der Waals surface area contributed by atoms with E-state index in [0.29, 0.717) is 10.0 Å². The third-order valence-electron chi connectivity index (χ3n) is 4.26. The Labute approximate surface area is 207 Å². The Bertz CT molecular complexity index is 1510. The molecule has 1 amide bonds. The van der Waals surface area contributed by atoms with E-state index in [-0.39, 0.29) is 26.9 Å². The Morgan fingerprint density at radius 3 is 2.56 bits per heavy atom. The molecule has 0 aliphatic carbocycles. The molecule has 2 aromatic heterocycles. The van der Waals surface area contributed by atoms with Crippen molar-refractivity contribution in [3.8, 4) is 21.7 Å². The van der Waals surface area contributed by atoms with Gasteiger partial charge in [0, 0.05) is 10.6 Å². The summed E-state index contributed by atoms with van der Waals surface area (Å²) >= 11 is 8.47. The van der Waals surface area contributed by atoms with E-state index >= 15 is 0 Å². The summed E-state index contributed by atoms with van der Waals surface area (Å²) in [6, 6.07) is 17.2. The molecule has 4 aromatic rings. The summed E-state index contributed by atoms with van der Waals surface area (Å²) in [4.78, 5) is 13.5. The van der Waals surface area contributed by atoms with E-state index in [9.17, 15) is 18.5 Å². The fourth-order valence-electron chi connectivity index (χ4n) is 2.69. The van der Waals surface area contributed by atoms with Crippen LogP contribution in [0.15, 0.2) is 76.5 Å². The SMILES string of the molecule is N#C/C(=C\c1ccccc1OS(=O)(=O)c1ccc(Cl)cc1)C(=O)Nc1nnc(-c2cccs2)s1. The molecule has 2 aromatic carbocycles. The highest BCUT2D eigenvalue weighted by Crippen LogP contribution is 2.30. The van der Waals surface area contributed by atoms with Gasteiger partial charge in [0.05, 0.1) is 4.88 Å². The highest BCUT2D eigenvalue weighted by molar-refractivity contribution is 7.87. The average Bonchev–Trinajstić information content (AvgIpc) is 3.50. The second kappa shape index (κ2) is 10.1. The van der Waals surface area contributed by atoms with Gasteiger partial charge in [-0.3, -0.25) is 10.1 Å². The molecule has 0 radical (unpaired) electrons. The van der Waals surface area contributed by atoms with Crippen LogP contribution in [0.2, 0.25) is 5.02 Å². The first kappa shape index (κ1) is 23.6. The molecule has 34 heavy (non-hydrogen) atoms. The van der Waals surface area contributed by atoms with Gasteiger partial charge in [0.1, 0.15) is 22.3 Å². The molecule has 12 heteroatoms. The molecule has 2 heterocycles. The number of halogens is 1. The normalized spacial score (nSPS) is 11.6. The Hall–Kier alpha value is -3.56. The smallest absolute Gasteiger partial charge is 0.339 e. The predicted molar refractivity (Wildman–Crippen MR) is 131 cm³/mol. The summed E-state index contributed by atoms with van der Waals surface area (Å²) in [6.07, 6.45) is 1.24. The maximum absolute atomic E-state index is 12.7. The van der Waals surface area contributed by atoms with Gasteiger partial charge in [0.2, 0.25) is 5.13 Å². The molecule has 0 saturated heterocycles. The first-order chi connectivity index (χ1) is 16.4. The molecule has 0 unspecified atom stereocenters. The van der Waals surface area contributed by atoms with Crippen LogP contribution >= 0.6 is 34.3 Å². The van der Waals surface area contributed by atoms with E-state index in [4.69, 9.17) is 15.8 Å². The van der Waals surface area contributed by atoms with Crippen LogP contribution in [0, 0.1) is 11.3 Å². The molecule has 0 aliphatic rings. The minimum Gasteiger partial charge on any atom is -0.378 e. The van der Waals surface area contributed by atoms with Gasteiger partial charge in [-0.15, -0.1) is 21.5 Å². The van der Waals surface area contributed by atoms with Crippen molar-refractivity contribution in [1.29, 1.82) is 5.26 Å². The molecule has 0 fully saturated rings. The van der Waals surface area contributed by atoms with Gasteiger partial charge in [-0.05, 0) is 47.9 Å². The predicted octanol–water partition coefficient (Wildman–Crippen LogP) is 5.23. The van der Waals surface area contributed by atoms with Crippen LogP contribution in [0.1, 0.15) is 5.56 Å². The quantitative estimate of drug-likeness (QED) is 0.198. The topological polar surface area (TPSA) is 122 Å². The van der Waals surface area contributed by atoms with Gasteiger partial charge >= 0.3 is 10.1 Å². The minimum absolute atomic E-state index is 0.0473. The molecule has 0 saturated carbocycles. The minimum atomic E-state index is -4.17. The summed E-state index contributed by atoms with van der Waals surface area (Å²) in [7, 11) is -4.17. The van der Waals surface area contributed by atoms with E-state index in [1.807, 2.05) is 23.6 Å². The summed E-state index contributed by atoms with van der Waals surface area (Å²) in [5.41, 5.74) is -0.0453. The lowest BCUT2D eigenvalue weighted by atomic mass is 10.1. The maximum Gasteiger partial charge on any atom is 0.339 e. The first-order valence-corrected chi connectivity index (χ1v) is 12.9. The monoisotopic (exact) mass is 528 g/mol. The fraction of sp³-hybridized carbons (Fsp3) is 0. The summed E-state index contributed by atoms with van der Waals surface area (Å²) in [5.74, 6) is -0.763. The summed E-state index contributed by atoms with van der Waals surface area (Å²) in [6.45, 7) is 0. The van der Waals surface area contributed by atoms with Crippen molar-refractivity contribution >= 4 is 61.5 Å². The number of anilines is 1. The number of amides is 1. The maximum atomic E-state index is 12.7. The molecule has 1 N–H and O–H groups in total. The number of carbonyl (C=O) groups is 1. The lowest BCUT2D eigenvalue weighted by Gasteiger charge is -2.10. The van der Waals surface area contributed by atoms with E-state index in [0.717, 1.165) is 4.88 Å². The molecule has 0 aliphatic heterocycles. The van der Waals surface area contributed by atoms with E-state index in [1.165, 1.54) is 65.1 Å². The Kier molecular flexibility index (Phi) is 7.04. The zero-order valence-corrected chi connectivity index (χ0v) is 20.2. The zero-order valence-electron chi connectivity index (χ0n) is 17.0. The van der Waals surface area contributed by atoms with Crippen molar-refractivity contribution in [3.05, 3.63) is 82.2 Å². The number of rotatable bonds is 7. The van der Waals surface area contributed by atoms with Crippen LogP contribution in [0.3, 0.4) is 0 Å². The number of nitrogens with zero attached hydrogens (tertiary/aromatic N) is 3. The fourth-order valence-corrected chi connectivity index (χ4v) is 5.30. The lowest BCUT2D eigenvalue weighted by Crippen LogP contribution is -2.13. The van der Waals surface area contributed by atoms with Crippen molar-refractivity contribution in [2.24, 2.45) is 0 Å². The second-order valence-electron chi connectivity index (χ2n) is 6.54. The van der Waals surface area contributed by atoms with Crippen molar-refractivity contribution in [2.45, 2.75) is 4.90 Å². The number of hydrogen-bond acceptors (Lipinski definition) is 9. The van der Waals surface area contributed by atoms with Crippen molar-refractivity contribution in [2.75, 3.05) is 5.32 Å². The van der Waals surface area contributed by atoms with Crippen LogP contribution in [-0.4, -0.2) is 24.5 Å². The number of aromatic nitrogens is 2. The van der Waals surface area contributed by atoms with Crippen LogP contribution < -0.4 is 9.50 Å². The molecular formula is C22H13ClN4O4S3. The number of para-hydroxylation sites is 1. The van der Waals surface area contributed by atoms with Crippen LogP contribution in [0.4, 0.5) is 5.13 Å². The molecule has 0 atom stereocenters. The largest absolute Gasteiger partial charge is 0.378 e. The standard InChI is InChI=1S/C22H13ClN4O4S3/c23-16-7-9-17(10-8-16)34(29,30)31-18-5-2-1-4-14(18)12-15(13-24)20(28)25-22-27-26-21(33-22)19-6-3-11-32-19/h1-12H,(H,25,27,28)/b15-12+. The number of hydrogen-bond donors (Lipinski definition) is 1. The number of carbonyl (C=O) groups excluding carboxylic acids is 1. The second-order valence-corrected chi connectivity index (χ2v) is 10.5. The average molecular weight is 529 g/mol. The van der Waals surface area contributed by atoms with Crippen LogP contribution in [0.5, 0.6) is 5.75 Å². The molecule has 4 rings (SSSR count). The van der Waals surface area contributed by atoms with Crippen molar-refractivity contribution < 1.29 is 17.4 Å². The number of thiophene rings is 1. The number of benzene rings is 2. The first-order valence-electron chi connectivity index (χ1n) is 9.45. The van der Waals surface area contributed by atoms with Gasteiger partial charge in [0.25, 0.3) is 5.91 Å². The lowest BCUT2D eigenvalue weighted by molar-refractivity contribution is -0.112. The molecule has 170 valence electrons. The Morgan fingerprint density at radius 2 is 1.85 bits per heavy atom. The van der Waals surface area contributed by atoms with E-state index in [1.54, 1.807) is 12.1 Å².